The lowest BCUT2D eigenvalue weighted by Crippen LogP contribution is -2.50. The minimum absolute atomic E-state index is 0.0323. The number of carbonyl (C=O) groups excluding carboxylic acids is 1. The minimum atomic E-state index is -1.03. The fourth-order valence-electron chi connectivity index (χ4n) is 5.40. The maximum absolute atomic E-state index is 14.2. The van der Waals surface area contributed by atoms with Crippen LogP contribution >= 0.6 is 0 Å². The third-order valence-corrected chi connectivity index (χ3v) is 7.45. The molecule has 0 fully saturated rings. The Morgan fingerprint density at radius 2 is 1.38 bits per heavy atom. The topological polar surface area (TPSA) is 78.9 Å². The van der Waals surface area contributed by atoms with E-state index < -0.39 is 17.9 Å². The molecule has 198 valence electrons. The van der Waals surface area contributed by atoms with Crippen molar-refractivity contribution in [3.8, 4) is 5.75 Å². The van der Waals surface area contributed by atoms with Gasteiger partial charge in [-0.25, -0.2) is 4.79 Å². The smallest absolute Gasteiger partial charge is 0.326 e. The summed E-state index contributed by atoms with van der Waals surface area (Å²) in [6, 6.07) is 31.9. The second kappa shape index (κ2) is 11.4. The molecule has 0 spiro atoms. The molecule has 4 aromatic rings. The highest BCUT2D eigenvalue weighted by atomic mass is 16.5. The first-order valence-electron chi connectivity index (χ1n) is 13.1. The summed E-state index contributed by atoms with van der Waals surface area (Å²) in [5.74, 6) is -1.22. The molecule has 4 aromatic carbocycles. The van der Waals surface area contributed by atoms with E-state index in [1.807, 2.05) is 103 Å². The molecule has 0 aliphatic carbocycles. The molecular formula is C33H32N2O4. The van der Waals surface area contributed by atoms with E-state index >= 15 is 0 Å². The summed E-state index contributed by atoms with van der Waals surface area (Å²) in [5.41, 5.74) is 5.31. The van der Waals surface area contributed by atoms with Gasteiger partial charge in [0, 0.05) is 19.0 Å². The molecule has 2 atom stereocenters. The van der Waals surface area contributed by atoms with Crippen LogP contribution in [-0.2, 0) is 22.6 Å². The van der Waals surface area contributed by atoms with Crippen molar-refractivity contribution in [3.05, 3.63) is 131 Å². The van der Waals surface area contributed by atoms with Crippen molar-refractivity contribution in [2.45, 2.75) is 37.9 Å². The van der Waals surface area contributed by atoms with Gasteiger partial charge in [-0.2, -0.15) is 0 Å². The van der Waals surface area contributed by atoms with E-state index in [2.05, 4.69) is 12.2 Å². The van der Waals surface area contributed by atoms with Gasteiger partial charge in [-0.1, -0.05) is 97.1 Å². The van der Waals surface area contributed by atoms with Gasteiger partial charge in [0.15, 0.2) is 0 Å². The second-order valence-electron chi connectivity index (χ2n) is 9.84. The van der Waals surface area contributed by atoms with E-state index in [4.69, 9.17) is 4.74 Å². The molecule has 5 rings (SSSR count). The summed E-state index contributed by atoms with van der Waals surface area (Å²) < 4.78 is 5.68. The van der Waals surface area contributed by atoms with Gasteiger partial charge in [0.05, 0.1) is 18.7 Å². The molecule has 0 bridgehead atoms. The zero-order valence-electron chi connectivity index (χ0n) is 22.1. The average molecular weight is 521 g/mol. The molecule has 0 saturated heterocycles. The highest BCUT2D eigenvalue weighted by Crippen LogP contribution is 2.39. The Bertz CT molecular complexity index is 1400. The van der Waals surface area contributed by atoms with Crippen molar-refractivity contribution in [3.63, 3.8) is 0 Å². The van der Waals surface area contributed by atoms with Crippen molar-refractivity contribution >= 4 is 17.6 Å². The van der Waals surface area contributed by atoms with E-state index in [-0.39, 0.29) is 24.9 Å². The maximum Gasteiger partial charge on any atom is 0.326 e. The highest BCUT2D eigenvalue weighted by Gasteiger charge is 2.39. The number of hydrogen-bond acceptors (Lipinski definition) is 4. The average Bonchev–Trinajstić information content (AvgIpc) is 2.98. The van der Waals surface area contributed by atoms with Gasteiger partial charge in [-0.15, -0.1) is 0 Å². The Hall–Kier alpha value is -4.58. The van der Waals surface area contributed by atoms with Gasteiger partial charge in [0.2, 0.25) is 5.91 Å². The van der Waals surface area contributed by atoms with Crippen LogP contribution < -0.4 is 10.1 Å². The largest absolute Gasteiger partial charge is 0.495 e. The number of nitrogens with zero attached hydrogens (tertiary/aromatic N) is 1. The van der Waals surface area contributed by atoms with Crippen LogP contribution in [-0.4, -0.2) is 35.0 Å². The number of carboxylic acids is 1. The quantitative estimate of drug-likeness (QED) is 0.296. The third kappa shape index (κ3) is 5.36. The number of ether oxygens (including phenoxy) is 1. The molecule has 0 aromatic heterocycles. The van der Waals surface area contributed by atoms with Crippen LogP contribution in [0.5, 0.6) is 5.75 Å². The summed E-state index contributed by atoms with van der Waals surface area (Å²) in [6.45, 7) is 2.26. The number of rotatable bonds is 8. The fourth-order valence-corrected chi connectivity index (χ4v) is 5.40. The molecule has 6 heteroatoms. The second-order valence-corrected chi connectivity index (χ2v) is 9.84. The van der Waals surface area contributed by atoms with E-state index in [1.54, 1.807) is 7.11 Å². The molecule has 1 aliphatic rings. The molecule has 2 unspecified atom stereocenters. The Balaban J connectivity index is 1.53. The first-order valence-corrected chi connectivity index (χ1v) is 13.1. The molecule has 2 N–H and O–H groups in total. The summed E-state index contributed by atoms with van der Waals surface area (Å²) in [7, 11) is 1.61. The van der Waals surface area contributed by atoms with Gasteiger partial charge < -0.3 is 20.1 Å². The summed E-state index contributed by atoms with van der Waals surface area (Å²) >= 11 is 0. The number of methoxy groups -OCH3 is 1. The number of carboxylic acid groups (broad SMARTS) is 1. The van der Waals surface area contributed by atoms with Crippen molar-refractivity contribution in [2.75, 3.05) is 12.4 Å². The molecular weight excluding hydrogens is 488 g/mol. The Labute approximate surface area is 228 Å². The molecule has 0 saturated carbocycles. The lowest BCUT2D eigenvalue weighted by Gasteiger charge is -2.38. The number of fused-ring (bicyclic) bond motifs is 1. The Morgan fingerprint density at radius 3 is 1.90 bits per heavy atom. The highest BCUT2D eigenvalue weighted by molar-refractivity contribution is 5.91. The van der Waals surface area contributed by atoms with Crippen molar-refractivity contribution in [1.29, 1.82) is 0 Å². The number of benzene rings is 4. The van der Waals surface area contributed by atoms with Crippen LogP contribution in [0.3, 0.4) is 0 Å². The van der Waals surface area contributed by atoms with E-state index in [0.29, 0.717) is 5.75 Å². The normalized spacial score (nSPS) is 15.4. The number of amides is 1. The molecule has 0 radical (unpaired) electrons. The molecule has 1 aliphatic heterocycles. The van der Waals surface area contributed by atoms with E-state index in [1.165, 1.54) is 4.90 Å². The monoisotopic (exact) mass is 520 g/mol. The molecule has 6 nitrogen and oxygen atoms in total. The van der Waals surface area contributed by atoms with Crippen LogP contribution in [0.1, 0.15) is 46.7 Å². The predicted molar refractivity (Wildman–Crippen MR) is 152 cm³/mol. The molecule has 1 amide bonds. The van der Waals surface area contributed by atoms with Crippen LogP contribution in [0.25, 0.3) is 0 Å². The first-order chi connectivity index (χ1) is 19.0. The van der Waals surface area contributed by atoms with Gasteiger partial charge >= 0.3 is 5.97 Å². The number of carbonyl (C=O) groups is 2. The van der Waals surface area contributed by atoms with Crippen LogP contribution in [0.15, 0.2) is 103 Å². The summed E-state index contributed by atoms with van der Waals surface area (Å²) in [5, 5.41) is 13.9. The van der Waals surface area contributed by atoms with Gasteiger partial charge in [-0.05, 0) is 40.8 Å². The van der Waals surface area contributed by atoms with Crippen molar-refractivity contribution < 1.29 is 19.4 Å². The minimum Gasteiger partial charge on any atom is -0.495 e. The van der Waals surface area contributed by atoms with Gasteiger partial charge in [0.1, 0.15) is 11.8 Å². The third-order valence-electron chi connectivity index (χ3n) is 7.45. The summed E-state index contributed by atoms with van der Waals surface area (Å²) in [6.07, 6.45) is 0.174. The zero-order chi connectivity index (χ0) is 27.4. The number of aliphatic carboxylic acids is 1. The lowest BCUT2D eigenvalue weighted by molar-refractivity contribution is -0.151. The van der Waals surface area contributed by atoms with E-state index in [0.717, 1.165) is 33.5 Å². The van der Waals surface area contributed by atoms with Crippen molar-refractivity contribution in [1.82, 2.24) is 4.90 Å². The molecule has 39 heavy (non-hydrogen) atoms. The zero-order valence-corrected chi connectivity index (χ0v) is 22.1. The maximum atomic E-state index is 14.2. The predicted octanol–water partition coefficient (Wildman–Crippen LogP) is 6.04. The van der Waals surface area contributed by atoms with Gasteiger partial charge in [-0.3, -0.25) is 4.79 Å². The van der Waals surface area contributed by atoms with Crippen LogP contribution in [0.2, 0.25) is 0 Å². The Morgan fingerprint density at radius 1 is 0.846 bits per heavy atom. The number of nitrogens with one attached hydrogen (secondary N) is 1. The van der Waals surface area contributed by atoms with Crippen LogP contribution in [0.4, 0.5) is 5.69 Å². The van der Waals surface area contributed by atoms with Gasteiger partial charge in [0.25, 0.3) is 0 Å². The Kier molecular flexibility index (Phi) is 7.64. The van der Waals surface area contributed by atoms with E-state index in [9.17, 15) is 14.7 Å². The number of anilines is 1. The summed E-state index contributed by atoms with van der Waals surface area (Å²) in [4.78, 5) is 28.4. The fraction of sp³-hybridized carbons (Fsp3) is 0.212. The lowest BCUT2D eigenvalue weighted by atomic mass is 9.86. The SMILES string of the molecule is COc1ccc2c(c1NC(C)c1ccccc1)CC(C(=O)O)N(C(=O)C(c1ccccc1)c1ccccc1)C2. The van der Waals surface area contributed by atoms with Crippen LogP contribution in [0, 0.1) is 0 Å². The molecule has 1 heterocycles. The van der Waals surface area contributed by atoms with Crippen molar-refractivity contribution in [2.24, 2.45) is 0 Å². The standard InChI is InChI=1S/C33H32N2O4/c1-22(23-12-6-3-7-13-23)34-31-27-20-28(33(37)38)35(21-26(27)18-19-29(31)39-2)32(36)30(24-14-8-4-9-15-24)25-16-10-5-11-17-25/h3-19,22,28,30,34H,20-21H2,1-2H3,(H,37,38). The first kappa shape index (κ1) is 26.0. The number of hydrogen-bond donors (Lipinski definition) is 2.